The minimum Gasteiger partial charge on any atom is -0.462 e. The van der Waals surface area contributed by atoms with Gasteiger partial charge in [0.15, 0.2) is 0 Å². The van der Waals surface area contributed by atoms with E-state index in [0.717, 1.165) is 18.5 Å². The van der Waals surface area contributed by atoms with Crippen molar-refractivity contribution in [3.63, 3.8) is 0 Å². The van der Waals surface area contributed by atoms with Crippen molar-refractivity contribution >= 4 is 5.97 Å². The summed E-state index contributed by atoms with van der Waals surface area (Å²) in [5.41, 5.74) is 3.99. The summed E-state index contributed by atoms with van der Waals surface area (Å²) in [5, 5.41) is 4.39. The third-order valence-corrected chi connectivity index (χ3v) is 3.51. The molecule has 0 aliphatic heterocycles. The average molecular weight is 286 g/mol. The lowest BCUT2D eigenvalue weighted by atomic mass is 10.1. The van der Waals surface area contributed by atoms with E-state index in [-0.39, 0.29) is 5.97 Å². The Morgan fingerprint density at radius 1 is 1.29 bits per heavy atom. The Hall–Kier alpha value is -2.10. The number of hydrogen-bond acceptors (Lipinski definition) is 3. The number of benzene rings is 1. The number of aromatic nitrogens is 2. The van der Waals surface area contributed by atoms with Crippen molar-refractivity contribution in [3.8, 4) is 0 Å². The van der Waals surface area contributed by atoms with Gasteiger partial charge in [0.25, 0.3) is 0 Å². The highest BCUT2D eigenvalue weighted by atomic mass is 16.5. The SMILES string of the molecule is CCCc1c(C(=O)OCC)cnn1Cc1ccccc1C. The molecule has 112 valence electrons. The number of hydrogen-bond donors (Lipinski definition) is 0. The van der Waals surface area contributed by atoms with Gasteiger partial charge in [-0.3, -0.25) is 4.68 Å². The van der Waals surface area contributed by atoms with Gasteiger partial charge in [-0.1, -0.05) is 37.6 Å². The second-order valence-electron chi connectivity index (χ2n) is 5.06. The van der Waals surface area contributed by atoms with Crippen LogP contribution in [0.1, 0.15) is 47.4 Å². The van der Waals surface area contributed by atoms with Crippen LogP contribution in [0.25, 0.3) is 0 Å². The monoisotopic (exact) mass is 286 g/mol. The fourth-order valence-electron chi connectivity index (χ4n) is 2.38. The number of ether oxygens (including phenoxy) is 1. The fourth-order valence-corrected chi connectivity index (χ4v) is 2.38. The van der Waals surface area contributed by atoms with Gasteiger partial charge in [-0.25, -0.2) is 4.79 Å². The summed E-state index contributed by atoms with van der Waals surface area (Å²) in [5.74, 6) is -0.281. The van der Waals surface area contributed by atoms with Gasteiger partial charge < -0.3 is 4.74 Å². The van der Waals surface area contributed by atoms with Gasteiger partial charge in [-0.15, -0.1) is 0 Å². The van der Waals surface area contributed by atoms with Gasteiger partial charge in [0.1, 0.15) is 5.56 Å². The number of esters is 1. The van der Waals surface area contributed by atoms with E-state index in [2.05, 4.69) is 31.1 Å². The number of carbonyl (C=O) groups is 1. The van der Waals surface area contributed by atoms with Crippen molar-refractivity contribution in [1.29, 1.82) is 0 Å². The lowest BCUT2D eigenvalue weighted by Crippen LogP contribution is -2.11. The zero-order chi connectivity index (χ0) is 15.2. The van der Waals surface area contributed by atoms with E-state index < -0.39 is 0 Å². The van der Waals surface area contributed by atoms with Gasteiger partial charge in [-0.05, 0) is 31.4 Å². The molecule has 0 aliphatic rings. The molecule has 0 atom stereocenters. The molecule has 0 radical (unpaired) electrons. The predicted octanol–water partition coefficient (Wildman–Crippen LogP) is 3.37. The number of rotatable bonds is 6. The van der Waals surface area contributed by atoms with Crippen LogP contribution >= 0.6 is 0 Å². The highest BCUT2D eigenvalue weighted by Gasteiger charge is 2.18. The number of aryl methyl sites for hydroxylation is 1. The summed E-state index contributed by atoms with van der Waals surface area (Å²) in [6, 6.07) is 8.23. The van der Waals surface area contributed by atoms with Gasteiger partial charge in [0, 0.05) is 0 Å². The van der Waals surface area contributed by atoms with Crippen LogP contribution in [0.3, 0.4) is 0 Å². The standard InChI is InChI=1S/C17H22N2O2/c1-4-8-16-15(17(20)21-5-2)11-18-19(16)12-14-10-7-6-9-13(14)3/h6-7,9-11H,4-5,8,12H2,1-3H3. The van der Waals surface area contributed by atoms with E-state index in [9.17, 15) is 4.79 Å². The summed E-state index contributed by atoms with van der Waals surface area (Å²) in [7, 11) is 0. The predicted molar refractivity (Wildman–Crippen MR) is 82.5 cm³/mol. The van der Waals surface area contributed by atoms with E-state index in [0.29, 0.717) is 18.7 Å². The Labute approximate surface area is 125 Å². The van der Waals surface area contributed by atoms with Crippen LogP contribution in [0.2, 0.25) is 0 Å². The minimum atomic E-state index is -0.281. The number of nitrogens with zero attached hydrogens (tertiary/aromatic N) is 2. The maximum Gasteiger partial charge on any atom is 0.341 e. The molecule has 0 spiro atoms. The van der Waals surface area contributed by atoms with Gasteiger partial charge >= 0.3 is 5.97 Å². The second-order valence-corrected chi connectivity index (χ2v) is 5.06. The van der Waals surface area contributed by atoms with Crippen molar-refractivity contribution in [2.45, 2.75) is 40.2 Å². The molecular formula is C17H22N2O2. The van der Waals surface area contributed by atoms with E-state index in [1.165, 1.54) is 11.1 Å². The zero-order valence-corrected chi connectivity index (χ0v) is 12.9. The van der Waals surface area contributed by atoms with Crippen molar-refractivity contribution in [2.75, 3.05) is 6.61 Å². The normalized spacial score (nSPS) is 10.6. The smallest absolute Gasteiger partial charge is 0.341 e. The molecule has 1 aromatic carbocycles. The molecular weight excluding hydrogens is 264 g/mol. The highest BCUT2D eigenvalue weighted by molar-refractivity contribution is 5.90. The third-order valence-electron chi connectivity index (χ3n) is 3.51. The van der Waals surface area contributed by atoms with Crippen LogP contribution in [-0.2, 0) is 17.7 Å². The van der Waals surface area contributed by atoms with Crippen molar-refractivity contribution in [1.82, 2.24) is 9.78 Å². The maximum absolute atomic E-state index is 12.0. The summed E-state index contributed by atoms with van der Waals surface area (Å²) in [6.07, 6.45) is 3.41. The molecule has 21 heavy (non-hydrogen) atoms. The molecule has 0 amide bonds. The maximum atomic E-state index is 12.0. The Morgan fingerprint density at radius 2 is 2.05 bits per heavy atom. The molecule has 0 aliphatic carbocycles. The van der Waals surface area contributed by atoms with Gasteiger partial charge in [-0.2, -0.15) is 5.10 Å². The zero-order valence-electron chi connectivity index (χ0n) is 12.9. The van der Waals surface area contributed by atoms with Crippen LogP contribution in [0.4, 0.5) is 0 Å². The molecule has 2 rings (SSSR count). The molecule has 1 aromatic heterocycles. The first-order valence-corrected chi connectivity index (χ1v) is 7.43. The summed E-state index contributed by atoms with van der Waals surface area (Å²) in [4.78, 5) is 12.0. The Kier molecular flexibility index (Phi) is 5.14. The molecule has 1 heterocycles. The third kappa shape index (κ3) is 3.51. The van der Waals surface area contributed by atoms with Crippen molar-refractivity contribution in [3.05, 3.63) is 52.8 Å². The van der Waals surface area contributed by atoms with E-state index in [1.807, 2.05) is 23.7 Å². The molecule has 0 bridgehead atoms. The van der Waals surface area contributed by atoms with Crippen LogP contribution in [0.5, 0.6) is 0 Å². The van der Waals surface area contributed by atoms with Crippen molar-refractivity contribution in [2.24, 2.45) is 0 Å². The fraction of sp³-hybridized carbons (Fsp3) is 0.412. The summed E-state index contributed by atoms with van der Waals surface area (Å²) in [6.45, 7) is 7.06. The molecule has 0 saturated carbocycles. The van der Waals surface area contributed by atoms with Crippen molar-refractivity contribution < 1.29 is 9.53 Å². The highest BCUT2D eigenvalue weighted by Crippen LogP contribution is 2.16. The summed E-state index contributed by atoms with van der Waals surface area (Å²) >= 11 is 0. The molecule has 4 heteroatoms. The Balaban J connectivity index is 2.31. The van der Waals surface area contributed by atoms with Crippen LogP contribution in [0.15, 0.2) is 30.5 Å². The molecule has 0 fully saturated rings. The van der Waals surface area contributed by atoms with Crippen LogP contribution < -0.4 is 0 Å². The van der Waals surface area contributed by atoms with Crippen LogP contribution in [-0.4, -0.2) is 22.4 Å². The van der Waals surface area contributed by atoms with Gasteiger partial charge in [0.2, 0.25) is 0 Å². The molecule has 0 unspecified atom stereocenters. The van der Waals surface area contributed by atoms with E-state index in [4.69, 9.17) is 4.74 Å². The van der Waals surface area contributed by atoms with Gasteiger partial charge in [0.05, 0.1) is 25.0 Å². The van der Waals surface area contributed by atoms with E-state index >= 15 is 0 Å². The minimum absolute atomic E-state index is 0.281. The Morgan fingerprint density at radius 3 is 2.71 bits per heavy atom. The second kappa shape index (κ2) is 7.07. The molecule has 4 nitrogen and oxygen atoms in total. The molecule has 0 N–H and O–H groups in total. The topological polar surface area (TPSA) is 44.1 Å². The lowest BCUT2D eigenvalue weighted by molar-refractivity contribution is 0.0525. The first-order chi connectivity index (χ1) is 10.2. The average Bonchev–Trinajstić information content (AvgIpc) is 2.85. The van der Waals surface area contributed by atoms with E-state index in [1.54, 1.807) is 6.20 Å². The molecule has 2 aromatic rings. The lowest BCUT2D eigenvalue weighted by Gasteiger charge is -2.10. The Bertz CT molecular complexity index is 617. The largest absolute Gasteiger partial charge is 0.462 e. The number of carbonyl (C=O) groups excluding carboxylic acids is 1. The molecule has 0 saturated heterocycles. The summed E-state index contributed by atoms with van der Waals surface area (Å²) < 4.78 is 7.02. The van der Waals surface area contributed by atoms with Crippen LogP contribution in [0, 0.1) is 6.92 Å². The quantitative estimate of drug-likeness (QED) is 0.765. The first-order valence-electron chi connectivity index (χ1n) is 7.43. The first kappa shape index (κ1) is 15.3.